The van der Waals surface area contributed by atoms with Crippen molar-refractivity contribution in [1.29, 1.82) is 0 Å². The molecule has 0 heterocycles. The zero-order valence-corrected chi connectivity index (χ0v) is 6.95. The van der Waals surface area contributed by atoms with Crippen molar-refractivity contribution in [3.63, 3.8) is 0 Å². The van der Waals surface area contributed by atoms with Crippen LogP contribution < -0.4 is 0 Å². The molecule has 0 amide bonds. The molecule has 1 aliphatic rings. The Balaban J connectivity index is 2.31. The van der Waals surface area contributed by atoms with Crippen molar-refractivity contribution in [1.82, 2.24) is 0 Å². The van der Waals surface area contributed by atoms with Gasteiger partial charge in [-0.05, 0) is 18.4 Å². The minimum atomic E-state index is -0.366. The minimum Gasteiger partial charge on any atom is -0.458 e. The molecule has 2 heteroatoms. The Hall–Kier alpha value is -1.31. The lowest BCUT2D eigenvalue weighted by molar-refractivity contribution is -0.136. The van der Waals surface area contributed by atoms with E-state index in [0.717, 1.165) is 18.4 Å². The second-order valence-corrected chi connectivity index (χ2v) is 2.57. The molecule has 0 saturated carbocycles. The van der Waals surface area contributed by atoms with Gasteiger partial charge < -0.3 is 4.74 Å². The van der Waals surface area contributed by atoms with Crippen LogP contribution >= 0.6 is 0 Å². The highest BCUT2D eigenvalue weighted by Gasteiger charge is 1.99. The highest BCUT2D eigenvalue weighted by molar-refractivity contribution is 5.81. The third-order valence-corrected chi connectivity index (χ3v) is 1.62. The molecule has 0 unspecified atom stereocenters. The zero-order valence-electron chi connectivity index (χ0n) is 6.95. The highest BCUT2D eigenvalue weighted by Crippen LogP contribution is 2.09. The molecule has 0 aromatic carbocycles. The molecule has 1 aliphatic carbocycles. The van der Waals surface area contributed by atoms with E-state index in [0.29, 0.717) is 6.61 Å². The summed E-state index contributed by atoms with van der Waals surface area (Å²) in [5.41, 5.74) is 1.07. The number of hydrogen-bond donors (Lipinski definition) is 0. The molecule has 0 atom stereocenters. The van der Waals surface area contributed by atoms with Gasteiger partial charge in [-0.1, -0.05) is 24.8 Å². The molecular weight excluding hydrogens is 152 g/mol. The van der Waals surface area contributed by atoms with E-state index in [1.54, 1.807) is 0 Å². The molecule has 0 fully saturated rings. The van der Waals surface area contributed by atoms with Gasteiger partial charge in [0.15, 0.2) is 0 Å². The van der Waals surface area contributed by atoms with E-state index in [2.05, 4.69) is 18.7 Å². The van der Waals surface area contributed by atoms with Crippen molar-refractivity contribution >= 4 is 5.97 Å². The summed E-state index contributed by atoms with van der Waals surface area (Å²) in [4.78, 5) is 10.7. The third kappa shape index (κ3) is 2.74. The van der Waals surface area contributed by atoms with E-state index in [9.17, 15) is 4.79 Å². The lowest BCUT2D eigenvalue weighted by atomic mass is 10.1. The van der Waals surface area contributed by atoms with Crippen LogP contribution in [0.1, 0.15) is 12.8 Å². The fourth-order valence-corrected chi connectivity index (χ4v) is 0.988. The number of carbonyl (C=O) groups is 1. The van der Waals surface area contributed by atoms with Crippen molar-refractivity contribution in [3.8, 4) is 0 Å². The lowest BCUT2D eigenvalue weighted by Gasteiger charge is -2.06. The van der Waals surface area contributed by atoms with Gasteiger partial charge in [-0.2, -0.15) is 0 Å². The maximum atomic E-state index is 10.7. The predicted molar refractivity (Wildman–Crippen MR) is 47.6 cm³/mol. The average molecular weight is 164 g/mol. The number of carbonyl (C=O) groups excluding carboxylic acids is 1. The van der Waals surface area contributed by atoms with Crippen molar-refractivity contribution in [2.45, 2.75) is 12.8 Å². The van der Waals surface area contributed by atoms with Crippen LogP contribution in [0.5, 0.6) is 0 Å². The van der Waals surface area contributed by atoms with Crippen LogP contribution in [0, 0.1) is 0 Å². The van der Waals surface area contributed by atoms with E-state index in [1.165, 1.54) is 6.08 Å². The molecular formula is C10H12O2. The fraction of sp³-hybridized carbons (Fsp3) is 0.300. The first kappa shape index (κ1) is 8.78. The fourth-order valence-electron chi connectivity index (χ4n) is 0.988. The second-order valence-electron chi connectivity index (χ2n) is 2.57. The molecule has 0 saturated heterocycles. The number of ether oxygens (including phenoxy) is 1. The van der Waals surface area contributed by atoms with Gasteiger partial charge in [-0.3, -0.25) is 0 Å². The second kappa shape index (κ2) is 4.54. The van der Waals surface area contributed by atoms with Crippen LogP contribution in [0.4, 0.5) is 0 Å². The van der Waals surface area contributed by atoms with E-state index >= 15 is 0 Å². The average Bonchev–Trinajstić information content (AvgIpc) is 2.16. The molecule has 12 heavy (non-hydrogen) atoms. The standard InChI is InChI=1S/C10H12O2/c1-2-10(11)12-8-9-6-4-3-5-7-9/h2,4,6-7H,1,3,5,8H2. The van der Waals surface area contributed by atoms with Gasteiger partial charge in [0.25, 0.3) is 0 Å². The van der Waals surface area contributed by atoms with Gasteiger partial charge in [-0.25, -0.2) is 4.79 Å². The topological polar surface area (TPSA) is 26.3 Å². The SMILES string of the molecule is C=CC(=O)OCC1=CCCC=C1. The monoisotopic (exact) mass is 164 g/mol. The number of esters is 1. The van der Waals surface area contributed by atoms with Gasteiger partial charge in [0, 0.05) is 6.08 Å². The molecule has 0 aliphatic heterocycles. The van der Waals surface area contributed by atoms with Crippen molar-refractivity contribution in [3.05, 3.63) is 36.5 Å². The Morgan fingerprint density at radius 2 is 2.50 bits per heavy atom. The summed E-state index contributed by atoms with van der Waals surface area (Å²) in [6, 6.07) is 0. The van der Waals surface area contributed by atoms with Crippen LogP contribution in [0.25, 0.3) is 0 Å². The molecule has 0 N–H and O–H groups in total. The minimum absolute atomic E-state index is 0.362. The van der Waals surface area contributed by atoms with Crippen LogP contribution in [0.3, 0.4) is 0 Å². The first-order chi connectivity index (χ1) is 5.83. The predicted octanol–water partition coefficient (Wildman–Crippen LogP) is 1.99. The highest BCUT2D eigenvalue weighted by atomic mass is 16.5. The number of rotatable bonds is 3. The third-order valence-electron chi connectivity index (χ3n) is 1.62. The van der Waals surface area contributed by atoms with Gasteiger partial charge >= 0.3 is 5.97 Å². The van der Waals surface area contributed by atoms with Gasteiger partial charge in [-0.15, -0.1) is 0 Å². The maximum Gasteiger partial charge on any atom is 0.330 e. The van der Waals surface area contributed by atoms with E-state index in [1.807, 2.05) is 6.08 Å². The molecule has 0 radical (unpaired) electrons. The Kier molecular flexibility index (Phi) is 3.33. The van der Waals surface area contributed by atoms with Gasteiger partial charge in [0.1, 0.15) is 6.61 Å². The van der Waals surface area contributed by atoms with Crippen LogP contribution in [-0.4, -0.2) is 12.6 Å². The number of hydrogen-bond acceptors (Lipinski definition) is 2. The Morgan fingerprint density at radius 1 is 1.67 bits per heavy atom. The molecule has 64 valence electrons. The summed E-state index contributed by atoms with van der Waals surface area (Å²) >= 11 is 0. The van der Waals surface area contributed by atoms with Gasteiger partial charge in [0.05, 0.1) is 0 Å². The first-order valence-electron chi connectivity index (χ1n) is 3.97. The van der Waals surface area contributed by atoms with Crippen LogP contribution in [0.15, 0.2) is 36.5 Å². The maximum absolute atomic E-state index is 10.7. The van der Waals surface area contributed by atoms with Crippen LogP contribution in [-0.2, 0) is 9.53 Å². The molecule has 0 aromatic heterocycles. The molecule has 0 aromatic rings. The summed E-state index contributed by atoms with van der Waals surface area (Å²) in [5.74, 6) is -0.366. The lowest BCUT2D eigenvalue weighted by Crippen LogP contribution is -2.04. The normalized spacial score (nSPS) is 15.2. The summed E-state index contributed by atoms with van der Waals surface area (Å²) in [6.45, 7) is 3.67. The van der Waals surface area contributed by atoms with Crippen molar-refractivity contribution in [2.24, 2.45) is 0 Å². The van der Waals surface area contributed by atoms with Gasteiger partial charge in [0.2, 0.25) is 0 Å². The van der Waals surface area contributed by atoms with Crippen molar-refractivity contribution < 1.29 is 9.53 Å². The Morgan fingerprint density at radius 3 is 3.08 bits per heavy atom. The Labute approximate surface area is 72.2 Å². The van der Waals surface area contributed by atoms with Crippen LogP contribution in [0.2, 0.25) is 0 Å². The Bertz CT molecular complexity index is 236. The van der Waals surface area contributed by atoms with Crippen molar-refractivity contribution in [2.75, 3.05) is 6.61 Å². The molecule has 0 bridgehead atoms. The molecule has 0 spiro atoms. The summed E-state index contributed by atoms with van der Waals surface area (Å²) in [7, 11) is 0. The summed E-state index contributed by atoms with van der Waals surface area (Å²) in [5, 5.41) is 0. The van der Waals surface area contributed by atoms with E-state index in [4.69, 9.17) is 4.74 Å². The van der Waals surface area contributed by atoms with E-state index < -0.39 is 0 Å². The van der Waals surface area contributed by atoms with E-state index in [-0.39, 0.29) is 5.97 Å². The molecule has 2 nitrogen and oxygen atoms in total. The smallest absolute Gasteiger partial charge is 0.330 e. The number of allylic oxidation sites excluding steroid dienone is 2. The summed E-state index contributed by atoms with van der Waals surface area (Å²) in [6.07, 6.45) is 9.44. The first-order valence-corrected chi connectivity index (χ1v) is 3.97. The largest absolute Gasteiger partial charge is 0.458 e. The quantitative estimate of drug-likeness (QED) is 0.471. The zero-order chi connectivity index (χ0) is 8.81. The molecule has 1 rings (SSSR count). The summed E-state index contributed by atoms with van der Waals surface area (Å²) < 4.78 is 4.85.